The van der Waals surface area contributed by atoms with Crippen molar-refractivity contribution in [1.82, 2.24) is 15.1 Å². The second-order valence-electron chi connectivity index (χ2n) is 5.87. The Kier molecular flexibility index (Phi) is 6.76. The third-order valence-electron chi connectivity index (χ3n) is 4.24. The van der Waals surface area contributed by atoms with Crippen molar-refractivity contribution in [3.63, 3.8) is 0 Å². The Morgan fingerprint density at radius 2 is 1.85 bits per heavy atom. The van der Waals surface area contributed by atoms with Crippen molar-refractivity contribution < 1.29 is 9.53 Å². The van der Waals surface area contributed by atoms with Crippen molar-refractivity contribution in [1.29, 1.82) is 0 Å². The third-order valence-corrected chi connectivity index (χ3v) is 4.24. The summed E-state index contributed by atoms with van der Waals surface area (Å²) in [5.41, 5.74) is 0. The molecule has 20 heavy (non-hydrogen) atoms. The smallest absolute Gasteiger partial charge is 0.239 e. The molecule has 2 aliphatic rings. The van der Waals surface area contributed by atoms with Crippen molar-refractivity contribution in [2.45, 2.75) is 38.6 Å². The van der Waals surface area contributed by atoms with Crippen LogP contribution in [-0.4, -0.2) is 74.2 Å². The van der Waals surface area contributed by atoms with E-state index in [0.717, 1.165) is 71.7 Å². The quantitative estimate of drug-likeness (QED) is 0.729. The van der Waals surface area contributed by atoms with Crippen LogP contribution in [0.5, 0.6) is 0 Å². The van der Waals surface area contributed by atoms with Gasteiger partial charge in [-0.25, -0.2) is 0 Å². The molecule has 2 heterocycles. The Morgan fingerprint density at radius 3 is 2.55 bits per heavy atom. The van der Waals surface area contributed by atoms with Gasteiger partial charge in [0, 0.05) is 26.2 Å². The highest BCUT2D eigenvalue weighted by Crippen LogP contribution is 2.09. The van der Waals surface area contributed by atoms with Crippen molar-refractivity contribution in [2.24, 2.45) is 0 Å². The van der Waals surface area contributed by atoms with Crippen LogP contribution < -0.4 is 5.32 Å². The maximum Gasteiger partial charge on any atom is 0.239 e. The zero-order valence-corrected chi connectivity index (χ0v) is 12.8. The molecule has 2 fully saturated rings. The van der Waals surface area contributed by atoms with E-state index in [4.69, 9.17) is 4.74 Å². The topological polar surface area (TPSA) is 44.8 Å². The summed E-state index contributed by atoms with van der Waals surface area (Å²) in [6, 6.07) is -0.0437. The molecule has 1 atom stereocenters. The lowest BCUT2D eigenvalue weighted by Gasteiger charge is -2.30. The van der Waals surface area contributed by atoms with E-state index in [1.165, 1.54) is 6.42 Å². The van der Waals surface area contributed by atoms with Crippen molar-refractivity contribution in [3.8, 4) is 0 Å². The molecule has 0 spiro atoms. The molecule has 0 aromatic carbocycles. The molecule has 0 aliphatic carbocycles. The summed E-state index contributed by atoms with van der Waals surface area (Å²) in [6.45, 7) is 9.70. The summed E-state index contributed by atoms with van der Waals surface area (Å²) >= 11 is 0. The molecular formula is C15H29N3O2. The molecule has 0 bridgehead atoms. The van der Waals surface area contributed by atoms with E-state index in [1.807, 2.05) is 11.8 Å². The minimum atomic E-state index is -0.0437. The number of hydrogen-bond donors (Lipinski definition) is 1. The van der Waals surface area contributed by atoms with Crippen molar-refractivity contribution in [2.75, 3.05) is 52.5 Å². The van der Waals surface area contributed by atoms with E-state index < -0.39 is 0 Å². The Balaban J connectivity index is 1.56. The van der Waals surface area contributed by atoms with Gasteiger partial charge in [0.25, 0.3) is 0 Å². The van der Waals surface area contributed by atoms with Gasteiger partial charge in [-0.1, -0.05) is 0 Å². The Labute approximate surface area is 122 Å². The standard InChI is InChI=1S/C15H29N3O2/c1-14(15(19)18-8-3-2-4-9-18)16-6-5-7-17-10-12-20-13-11-17/h14,16H,2-13H2,1H3. The fourth-order valence-electron chi connectivity index (χ4n) is 2.92. The molecule has 0 aromatic heterocycles. The van der Waals surface area contributed by atoms with Crippen LogP contribution in [0, 0.1) is 0 Å². The van der Waals surface area contributed by atoms with Gasteiger partial charge in [-0.05, 0) is 45.7 Å². The summed E-state index contributed by atoms with van der Waals surface area (Å²) in [5.74, 6) is 0.274. The van der Waals surface area contributed by atoms with Crippen LogP contribution in [0.1, 0.15) is 32.6 Å². The van der Waals surface area contributed by atoms with Gasteiger partial charge in [-0.15, -0.1) is 0 Å². The highest BCUT2D eigenvalue weighted by atomic mass is 16.5. The first-order chi connectivity index (χ1) is 9.77. The number of ether oxygens (including phenoxy) is 1. The van der Waals surface area contributed by atoms with Gasteiger partial charge in [0.15, 0.2) is 0 Å². The number of hydrogen-bond acceptors (Lipinski definition) is 4. The molecule has 1 amide bonds. The molecule has 2 aliphatic heterocycles. The molecule has 116 valence electrons. The average molecular weight is 283 g/mol. The molecule has 1 unspecified atom stereocenters. The fraction of sp³-hybridized carbons (Fsp3) is 0.933. The fourth-order valence-corrected chi connectivity index (χ4v) is 2.92. The van der Waals surface area contributed by atoms with Crippen LogP contribution in [0.3, 0.4) is 0 Å². The van der Waals surface area contributed by atoms with Crippen molar-refractivity contribution >= 4 is 5.91 Å². The van der Waals surface area contributed by atoms with Gasteiger partial charge < -0.3 is 15.0 Å². The molecule has 0 aromatic rings. The third kappa shape index (κ3) is 5.04. The maximum absolute atomic E-state index is 12.2. The van der Waals surface area contributed by atoms with E-state index in [1.54, 1.807) is 0 Å². The van der Waals surface area contributed by atoms with Gasteiger partial charge in [0.1, 0.15) is 0 Å². The number of rotatable bonds is 6. The first-order valence-electron chi connectivity index (χ1n) is 8.09. The monoisotopic (exact) mass is 283 g/mol. The second-order valence-corrected chi connectivity index (χ2v) is 5.87. The number of nitrogens with one attached hydrogen (secondary N) is 1. The van der Waals surface area contributed by atoms with Gasteiger partial charge >= 0.3 is 0 Å². The van der Waals surface area contributed by atoms with Gasteiger partial charge in [-0.2, -0.15) is 0 Å². The van der Waals surface area contributed by atoms with E-state index in [-0.39, 0.29) is 11.9 Å². The van der Waals surface area contributed by atoms with Crippen LogP contribution in [0.4, 0.5) is 0 Å². The lowest BCUT2D eigenvalue weighted by molar-refractivity contribution is -0.133. The SMILES string of the molecule is CC(NCCCN1CCOCC1)C(=O)N1CCCCC1. The molecule has 1 N–H and O–H groups in total. The number of likely N-dealkylation sites (tertiary alicyclic amines) is 1. The van der Waals surface area contributed by atoms with Crippen LogP contribution in [-0.2, 0) is 9.53 Å². The second kappa shape index (κ2) is 8.60. The summed E-state index contributed by atoms with van der Waals surface area (Å²) < 4.78 is 5.34. The predicted molar refractivity (Wildman–Crippen MR) is 79.8 cm³/mol. The first kappa shape index (κ1) is 15.7. The number of carbonyl (C=O) groups excluding carboxylic acids is 1. The highest BCUT2D eigenvalue weighted by Gasteiger charge is 2.21. The zero-order chi connectivity index (χ0) is 14.2. The Bertz CT molecular complexity index is 287. The molecule has 2 rings (SSSR count). The lowest BCUT2D eigenvalue weighted by Crippen LogP contribution is -2.47. The number of amides is 1. The van der Waals surface area contributed by atoms with Gasteiger partial charge in [0.05, 0.1) is 19.3 Å². The largest absolute Gasteiger partial charge is 0.379 e. The summed E-state index contributed by atoms with van der Waals surface area (Å²) in [4.78, 5) is 16.7. The molecule has 0 radical (unpaired) electrons. The number of morpholine rings is 1. The number of piperidine rings is 1. The van der Waals surface area contributed by atoms with E-state index in [0.29, 0.717) is 0 Å². The normalized spacial score (nSPS) is 22.8. The highest BCUT2D eigenvalue weighted by molar-refractivity contribution is 5.81. The maximum atomic E-state index is 12.2. The van der Waals surface area contributed by atoms with E-state index in [9.17, 15) is 4.79 Å². The first-order valence-corrected chi connectivity index (χ1v) is 8.09. The number of carbonyl (C=O) groups is 1. The van der Waals surface area contributed by atoms with Crippen LogP contribution >= 0.6 is 0 Å². The summed E-state index contributed by atoms with van der Waals surface area (Å²) in [5, 5.41) is 3.37. The van der Waals surface area contributed by atoms with E-state index in [2.05, 4.69) is 10.2 Å². The summed E-state index contributed by atoms with van der Waals surface area (Å²) in [7, 11) is 0. The minimum Gasteiger partial charge on any atom is -0.379 e. The van der Waals surface area contributed by atoms with Crippen LogP contribution in [0.25, 0.3) is 0 Å². The van der Waals surface area contributed by atoms with Crippen LogP contribution in [0.15, 0.2) is 0 Å². The van der Waals surface area contributed by atoms with Gasteiger partial charge in [-0.3, -0.25) is 9.69 Å². The minimum absolute atomic E-state index is 0.0437. The number of nitrogens with zero attached hydrogens (tertiary/aromatic N) is 2. The van der Waals surface area contributed by atoms with Gasteiger partial charge in [0.2, 0.25) is 5.91 Å². The van der Waals surface area contributed by atoms with Crippen molar-refractivity contribution in [3.05, 3.63) is 0 Å². The molecule has 2 saturated heterocycles. The zero-order valence-electron chi connectivity index (χ0n) is 12.8. The Hall–Kier alpha value is -0.650. The molecule has 0 saturated carbocycles. The average Bonchev–Trinajstić information content (AvgIpc) is 2.52. The predicted octanol–water partition coefficient (Wildman–Crippen LogP) is 0.699. The van der Waals surface area contributed by atoms with Crippen LogP contribution in [0.2, 0.25) is 0 Å². The lowest BCUT2D eigenvalue weighted by atomic mass is 10.1. The molecular weight excluding hydrogens is 254 g/mol. The van der Waals surface area contributed by atoms with E-state index >= 15 is 0 Å². The molecule has 5 heteroatoms. The Morgan fingerprint density at radius 1 is 1.15 bits per heavy atom. The summed E-state index contributed by atoms with van der Waals surface area (Å²) in [6.07, 6.45) is 4.69. The molecule has 5 nitrogen and oxygen atoms in total.